The van der Waals surface area contributed by atoms with Crippen molar-refractivity contribution in [1.29, 1.82) is 0 Å². The van der Waals surface area contributed by atoms with Gasteiger partial charge in [0.15, 0.2) is 0 Å². The number of aromatic nitrogens is 2. The average Bonchev–Trinajstić information content (AvgIpc) is 2.78. The van der Waals surface area contributed by atoms with E-state index >= 15 is 0 Å². The number of aliphatic carboxylic acids is 1. The zero-order chi connectivity index (χ0) is 13.1. The normalized spacial score (nSPS) is 13.2. The van der Waals surface area contributed by atoms with Gasteiger partial charge in [0.25, 0.3) is 0 Å². The van der Waals surface area contributed by atoms with Gasteiger partial charge < -0.3 is 15.4 Å². The van der Waals surface area contributed by atoms with E-state index in [1.807, 2.05) is 32.2 Å². The Morgan fingerprint density at radius 1 is 1.56 bits per heavy atom. The summed E-state index contributed by atoms with van der Waals surface area (Å²) in [6, 6.07) is 5.75. The third-order valence-electron chi connectivity index (χ3n) is 2.79. The molecule has 0 aliphatic carbocycles. The van der Waals surface area contributed by atoms with Crippen LogP contribution in [-0.4, -0.2) is 28.1 Å². The van der Waals surface area contributed by atoms with Gasteiger partial charge in [-0.05, 0) is 37.7 Å². The third-order valence-corrected chi connectivity index (χ3v) is 2.79. The molecule has 2 aromatic rings. The SMILES string of the molecule is CN[C@@H](C)c1nc2ccc(/C=C/C(=O)O)cc2[nH]1. The van der Waals surface area contributed by atoms with Gasteiger partial charge in [0, 0.05) is 6.08 Å². The smallest absolute Gasteiger partial charge is 0.328 e. The van der Waals surface area contributed by atoms with Crippen molar-refractivity contribution in [2.45, 2.75) is 13.0 Å². The Labute approximate surface area is 105 Å². The number of carbonyl (C=O) groups is 1. The van der Waals surface area contributed by atoms with Gasteiger partial charge in [-0.1, -0.05) is 6.07 Å². The molecule has 5 heteroatoms. The number of carboxylic acids is 1. The van der Waals surface area contributed by atoms with Crippen molar-refractivity contribution in [3.63, 3.8) is 0 Å². The summed E-state index contributed by atoms with van der Waals surface area (Å²) in [5.41, 5.74) is 2.61. The number of benzene rings is 1. The molecule has 0 aliphatic rings. The third kappa shape index (κ3) is 2.57. The second-order valence-electron chi connectivity index (χ2n) is 4.08. The van der Waals surface area contributed by atoms with E-state index in [1.165, 1.54) is 0 Å². The second kappa shape index (κ2) is 5.01. The van der Waals surface area contributed by atoms with E-state index in [0.29, 0.717) is 0 Å². The molecule has 0 unspecified atom stereocenters. The first-order chi connectivity index (χ1) is 8.60. The lowest BCUT2D eigenvalue weighted by atomic mass is 10.2. The number of hydrogen-bond donors (Lipinski definition) is 3. The predicted molar refractivity (Wildman–Crippen MR) is 70.2 cm³/mol. The highest BCUT2D eigenvalue weighted by molar-refractivity contribution is 5.86. The molecular weight excluding hydrogens is 230 g/mol. The number of carboxylic acid groups (broad SMARTS) is 1. The summed E-state index contributed by atoms with van der Waals surface area (Å²) >= 11 is 0. The topological polar surface area (TPSA) is 78.0 Å². The molecule has 1 atom stereocenters. The van der Waals surface area contributed by atoms with Crippen molar-refractivity contribution in [3.8, 4) is 0 Å². The minimum absolute atomic E-state index is 0.149. The fourth-order valence-corrected chi connectivity index (χ4v) is 1.66. The van der Waals surface area contributed by atoms with Gasteiger partial charge >= 0.3 is 5.97 Å². The van der Waals surface area contributed by atoms with Crippen LogP contribution < -0.4 is 5.32 Å². The molecule has 0 amide bonds. The number of aromatic amines is 1. The number of rotatable bonds is 4. The summed E-state index contributed by atoms with van der Waals surface area (Å²) in [6.45, 7) is 2.02. The highest BCUT2D eigenvalue weighted by Crippen LogP contribution is 2.17. The van der Waals surface area contributed by atoms with Crippen LogP contribution in [-0.2, 0) is 4.79 Å². The van der Waals surface area contributed by atoms with Gasteiger partial charge in [0.05, 0.1) is 17.1 Å². The standard InChI is InChI=1S/C13H15N3O2/c1-8(14-2)13-15-10-5-3-9(4-6-12(17)18)7-11(10)16-13/h3-8,14H,1-2H3,(H,15,16)(H,17,18)/b6-4+/t8-/m0/s1. The minimum atomic E-state index is -0.954. The van der Waals surface area contributed by atoms with E-state index in [4.69, 9.17) is 5.11 Å². The second-order valence-corrected chi connectivity index (χ2v) is 4.08. The quantitative estimate of drug-likeness (QED) is 0.719. The molecule has 1 heterocycles. The summed E-state index contributed by atoms with van der Waals surface area (Å²) < 4.78 is 0. The predicted octanol–water partition coefficient (Wildman–Crippen LogP) is 1.94. The van der Waals surface area contributed by atoms with Crippen molar-refractivity contribution in [2.24, 2.45) is 0 Å². The maximum absolute atomic E-state index is 10.5. The number of imidazole rings is 1. The van der Waals surface area contributed by atoms with Crippen molar-refractivity contribution >= 4 is 23.1 Å². The zero-order valence-corrected chi connectivity index (χ0v) is 10.3. The molecule has 2 rings (SSSR count). The summed E-state index contributed by atoms with van der Waals surface area (Å²) in [5, 5.41) is 11.7. The molecule has 0 saturated heterocycles. The van der Waals surface area contributed by atoms with Crippen LogP contribution in [0.25, 0.3) is 17.1 Å². The molecule has 3 N–H and O–H groups in total. The van der Waals surface area contributed by atoms with E-state index in [2.05, 4.69) is 15.3 Å². The fraction of sp³-hybridized carbons (Fsp3) is 0.231. The first-order valence-electron chi connectivity index (χ1n) is 5.68. The maximum Gasteiger partial charge on any atom is 0.328 e. The monoisotopic (exact) mass is 245 g/mol. The first kappa shape index (κ1) is 12.3. The molecule has 94 valence electrons. The molecule has 0 radical (unpaired) electrons. The van der Waals surface area contributed by atoms with Crippen LogP contribution in [0.3, 0.4) is 0 Å². The van der Waals surface area contributed by atoms with Gasteiger partial charge in [0.2, 0.25) is 0 Å². The Bertz CT molecular complexity index is 601. The largest absolute Gasteiger partial charge is 0.478 e. The van der Waals surface area contributed by atoms with Gasteiger partial charge in [-0.2, -0.15) is 0 Å². The first-order valence-corrected chi connectivity index (χ1v) is 5.68. The van der Waals surface area contributed by atoms with Gasteiger partial charge in [-0.3, -0.25) is 0 Å². The fourth-order valence-electron chi connectivity index (χ4n) is 1.66. The Kier molecular flexibility index (Phi) is 3.43. The minimum Gasteiger partial charge on any atom is -0.478 e. The summed E-state index contributed by atoms with van der Waals surface area (Å²) in [6.07, 6.45) is 2.68. The highest BCUT2D eigenvalue weighted by atomic mass is 16.4. The molecule has 0 saturated carbocycles. The van der Waals surface area contributed by atoms with E-state index in [0.717, 1.165) is 28.5 Å². The maximum atomic E-state index is 10.5. The number of hydrogen-bond acceptors (Lipinski definition) is 3. The van der Waals surface area contributed by atoms with Crippen LogP contribution in [0.2, 0.25) is 0 Å². The van der Waals surface area contributed by atoms with Crippen LogP contribution in [0.15, 0.2) is 24.3 Å². The Morgan fingerprint density at radius 3 is 3.00 bits per heavy atom. The summed E-state index contributed by atoms with van der Waals surface area (Å²) in [5.74, 6) is -0.0870. The molecule has 0 aliphatic heterocycles. The molecule has 5 nitrogen and oxygen atoms in total. The van der Waals surface area contributed by atoms with Crippen LogP contribution >= 0.6 is 0 Å². The van der Waals surface area contributed by atoms with E-state index < -0.39 is 5.97 Å². The van der Waals surface area contributed by atoms with Crippen molar-refractivity contribution in [2.75, 3.05) is 7.05 Å². The Morgan fingerprint density at radius 2 is 2.33 bits per heavy atom. The summed E-state index contributed by atoms with van der Waals surface area (Å²) in [4.78, 5) is 18.1. The number of H-pyrrole nitrogens is 1. The van der Waals surface area contributed by atoms with Crippen LogP contribution in [0, 0.1) is 0 Å². The van der Waals surface area contributed by atoms with Gasteiger partial charge in [-0.25, -0.2) is 9.78 Å². The van der Waals surface area contributed by atoms with Crippen LogP contribution in [0.4, 0.5) is 0 Å². The molecule has 0 spiro atoms. The van der Waals surface area contributed by atoms with E-state index in [-0.39, 0.29) is 6.04 Å². The van der Waals surface area contributed by atoms with Crippen molar-refractivity contribution in [3.05, 3.63) is 35.7 Å². The molecule has 18 heavy (non-hydrogen) atoms. The molecule has 0 bridgehead atoms. The van der Waals surface area contributed by atoms with Crippen LogP contribution in [0.5, 0.6) is 0 Å². The molecule has 1 aromatic heterocycles. The van der Waals surface area contributed by atoms with E-state index in [1.54, 1.807) is 6.08 Å². The highest BCUT2D eigenvalue weighted by Gasteiger charge is 2.08. The van der Waals surface area contributed by atoms with E-state index in [9.17, 15) is 4.79 Å². The van der Waals surface area contributed by atoms with Gasteiger partial charge in [0.1, 0.15) is 5.82 Å². The average molecular weight is 245 g/mol. The molecule has 0 fully saturated rings. The number of nitrogens with one attached hydrogen (secondary N) is 2. The van der Waals surface area contributed by atoms with Crippen molar-refractivity contribution in [1.82, 2.24) is 15.3 Å². The zero-order valence-electron chi connectivity index (χ0n) is 10.3. The molecular formula is C13H15N3O2. The number of nitrogens with zero attached hydrogens (tertiary/aromatic N) is 1. The molecule has 1 aromatic carbocycles. The number of fused-ring (bicyclic) bond motifs is 1. The lowest BCUT2D eigenvalue weighted by molar-refractivity contribution is -0.131. The lowest BCUT2D eigenvalue weighted by Gasteiger charge is -2.04. The van der Waals surface area contributed by atoms with Gasteiger partial charge in [-0.15, -0.1) is 0 Å². The summed E-state index contributed by atoms with van der Waals surface area (Å²) in [7, 11) is 1.87. The van der Waals surface area contributed by atoms with Crippen LogP contribution in [0.1, 0.15) is 24.4 Å². The Hall–Kier alpha value is -2.14. The lowest BCUT2D eigenvalue weighted by Crippen LogP contribution is -2.13. The Balaban J connectivity index is 2.36. The van der Waals surface area contributed by atoms with Crippen molar-refractivity contribution < 1.29 is 9.90 Å².